The van der Waals surface area contributed by atoms with Crippen LogP contribution < -0.4 is 0 Å². The Morgan fingerprint density at radius 2 is 1.83 bits per heavy atom. The molecule has 5 nitrogen and oxygen atoms in total. The zero-order chi connectivity index (χ0) is 25.3. The Balaban J connectivity index is 1.71. The Morgan fingerprint density at radius 3 is 2.49 bits per heavy atom. The third-order valence-corrected chi connectivity index (χ3v) is 7.46. The minimum Gasteiger partial charge on any atom is -0.465 e. The van der Waals surface area contributed by atoms with Crippen molar-refractivity contribution in [2.24, 2.45) is 0 Å². The van der Waals surface area contributed by atoms with Crippen molar-refractivity contribution >= 4 is 18.0 Å². The first-order chi connectivity index (χ1) is 16.7. The van der Waals surface area contributed by atoms with Crippen molar-refractivity contribution in [3.63, 3.8) is 0 Å². The van der Waals surface area contributed by atoms with E-state index in [-0.39, 0.29) is 5.91 Å². The highest BCUT2D eigenvalue weighted by Crippen LogP contribution is 2.34. The van der Waals surface area contributed by atoms with E-state index in [1.54, 1.807) is 4.90 Å². The summed E-state index contributed by atoms with van der Waals surface area (Å²) in [6.45, 7) is 10.8. The summed E-state index contributed by atoms with van der Waals surface area (Å²) in [7, 11) is 1.37. The van der Waals surface area contributed by atoms with Crippen molar-refractivity contribution in [2.75, 3.05) is 13.7 Å². The van der Waals surface area contributed by atoms with Crippen LogP contribution in [0.3, 0.4) is 0 Å². The van der Waals surface area contributed by atoms with Crippen molar-refractivity contribution in [1.29, 1.82) is 0 Å². The van der Waals surface area contributed by atoms with Gasteiger partial charge < -0.3 is 14.2 Å². The highest BCUT2D eigenvalue weighted by molar-refractivity contribution is 6.16. The summed E-state index contributed by atoms with van der Waals surface area (Å²) in [5.74, 6) is -0.597. The van der Waals surface area contributed by atoms with Crippen molar-refractivity contribution in [1.82, 2.24) is 9.47 Å². The average molecular weight is 473 g/mol. The smallest absolute Gasteiger partial charge is 0.340 e. The second kappa shape index (κ2) is 10.1. The molecule has 0 saturated carbocycles. The van der Waals surface area contributed by atoms with Crippen LogP contribution in [0.15, 0.2) is 52.8 Å². The van der Waals surface area contributed by atoms with E-state index in [0.717, 1.165) is 41.9 Å². The van der Waals surface area contributed by atoms with Crippen LogP contribution in [0.4, 0.5) is 0 Å². The number of allylic oxidation sites excluding steroid dienone is 2. The second-order valence-electron chi connectivity index (χ2n) is 9.76. The van der Waals surface area contributed by atoms with Crippen LogP contribution in [0.2, 0.25) is 0 Å². The molecule has 5 heteroatoms. The molecule has 2 aromatic rings. The molecule has 1 amide bonds. The maximum absolute atomic E-state index is 13.6. The lowest BCUT2D eigenvalue weighted by Gasteiger charge is -2.20. The number of ether oxygens (including phenoxy) is 1. The third-order valence-electron chi connectivity index (χ3n) is 7.46. The molecule has 184 valence electrons. The molecular weight excluding hydrogens is 436 g/mol. The normalized spacial score (nSPS) is 17.4. The van der Waals surface area contributed by atoms with Gasteiger partial charge in [-0.1, -0.05) is 17.7 Å². The first kappa shape index (κ1) is 24.8. The Morgan fingerprint density at radius 1 is 1.06 bits per heavy atom. The number of benzene rings is 1. The summed E-state index contributed by atoms with van der Waals surface area (Å²) < 4.78 is 7.28. The molecule has 0 N–H and O–H groups in total. The zero-order valence-electron chi connectivity index (χ0n) is 21.8. The van der Waals surface area contributed by atoms with Crippen molar-refractivity contribution < 1.29 is 14.3 Å². The zero-order valence-corrected chi connectivity index (χ0v) is 21.8. The Bertz CT molecular complexity index is 1270. The van der Waals surface area contributed by atoms with Gasteiger partial charge in [-0.3, -0.25) is 4.79 Å². The van der Waals surface area contributed by atoms with Gasteiger partial charge in [0.2, 0.25) is 0 Å². The number of carbonyl (C=O) groups is 2. The van der Waals surface area contributed by atoms with Crippen molar-refractivity contribution in [2.45, 2.75) is 66.7 Å². The first-order valence-corrected chi connectivity index (χ1v) is 12.5. The molecule has 1 aliphatic heterocycles. The fourth-order valence-corrected chi connectivity index (χ4v) is 5.24. The standard InChI is InChI=1S/C30H36N2O3/c1-19-12-13-26(16-20(19)2)32-21(3)17-25(22(32)4)18-27-28(30(34)35-6)23(5)31(29(27)33)15-14-24-10-8-7-9-11-24/h10,12-13,16-18H,7-9,11,14-15H2,1-6H3/b27-18-. The highest BCUT2D eigenvalue weighted by atomic mass is 16.5. The largest absolute Gasteiger partial charge is 0.465 e. The fraction of sp³-hybridized carbons (Fsp3) is 0.400. The third kappa shape index (κ3) is 4.77. The van der Waals surface area contributed by atoms with Gasteiger partial charge in [-0.15, -0.1) is 0 Å². The van der Waals surface area contributed by atoms with Crippen LogP contribution in [0.25, 0.3) is 11.8 Å². The molecule has 0 radical (unpaired) electrons. The van der Waals surface area contributed by atoms with Gasteiger partial charge in [-0.05, 0) is 108 Å². The van der Waals surface area contributed by atoms with Gasteiger partial charge in [0.15, 0.2) is 0 Å². The summed E-state index contributed by atoms with van der Waals surface area (Å²) in [4.78, 5) is 28.1. The number of rotatable bonds is 6. The molecular formula is C30H36N2O3. The fourth-order valence-electron chi connectivity index (χ4n) is 5.24. The molecule has 4 rings (SSSR count). The molecule has 1 aromatic heterocycles. The van der Waals surface area contributed by atoms with Gasteiger partial charge in [-0.25, -0.2) is 4.79 Å². The molecule has 1 aliphatic carbocycles. The number of hydrogen-bond donors (Lipinski definition) is 0. The lowest BCUT2D eigenvalue weighted by molar-refractivity contribution is -0.136. The quantitative estimate of drug-likeness (QED) is 0.283. The number of nitrogens with zero attached hydrogens (tertiary/aromatic N) is 2. The van der Waals surface area contributed by atoms with Crippen LogP contribution in [0.1, 0.15) is 67.1 Å². The Kier molecular flexibility index (Phi) is 7.15. The van der Waals surface area contributed by atoms with E-state index in [2.05, 4.69) is 62.6 Å². The molecule has 2 heterocycles. The van der Waals surface area contributed by atoms with Gasteiger partial charge in [0.05, 0.1) is 18.3 Å². The number of carbonyl (C=O) groups excluding carboxylic acids is 2. The molecule has 2 aliphatic rings. The van der Waals surface area contributed by atoms with E-state index < -0.39 is 5.97 Å². The second-order valence-corrected chi connectivity index (χ2v) is 9.76. The van der Waals surface area contributed by atoms with E-state index >= 15 is 0 Å². The number of esters is 1. The highest BCUT2D eigenvalue weighted by Gasteiger charge is 2.37. The topological polar surface area (TPSA) is 51.5 Å². The lowest BCUT2D eigenvalue weighted by Crippen LogP contribution is -2.26. The number of aryl methyl sites for hydroxylation is 3. The predicted molar refractivity (Wildman–Crippen MR) is 140 cm³/mol. The molecule has 0 spiro atoms. The van der Waals surface area contributed by atoms with Gasteiger partial charge in [0.25, 0.3) is 5.91 Å². The van der Waals surface area contributed by atoms with Gasteiger partial charge in [-0.2, -0.15) is 0 Å². The van der Waals surface area contributed by atoms with Crippen molar-refractivity contribution in [3.05, 3.63) is 80.8 Å². The van der Waals surface area contributed by atoms with E-state index in [9.17, 15) is 9.59 Å². The van der Waals surface area contributed by atoms with Gasteiger partial charge in [0, 0.05) is 29.3 Å². The molecule has 1 aromatic carbocycles. The number of aromatic nitrogens is 1. The Labute approximate surface area is 208 Å². The summed E-state index contributed by atoms with van der Waals surface area (Å²) in [6, 6.07) is 8.50. The summed E-state index contributed by atoms with van der Waals surface area (Å²) in [6.07, 6.45) is 9.68. The maximum atomic E-state index is 13.6. The summed E-state index contributed by atoms with van der Waals surface area (Å²) in [5.41, 5.74) is 9.46. The number of amides is 1. The molecule has 0 unspecified atom stereocenters. The lowest BCUT2D eigenvalue weighted by atomic mass is 9.97. The van der Waals surface area contributed by atoms with Crippen LogP contribution >= 0.6 is 0 Å². The van der Waals surface area contributed by atoms with Crippen LogP contribution in [0, 0.1) is 27.7 Å². The minimum atomic E-state index is -0.468. The first-order valence-electron chi connectivity index (χ1n) is 12.5. The van der Waals surface area contributed by atoms with Crippen molar-refractivity contribution in [3.8, 4) is 5.69 Å². The molecule has 0 fully saturated rings. The predicted octanol–water partition coefficient (Wildman–Crippen LogP) is 6.27. The van der Waals surface area contributed by atoms with E-state index in [1.165, 1.54) is 36.7 Å². The van der Waals surface area contributed by atoms with Gasteiger partial charge in [0.1, 0.15) is 0 Å². The molecule has 35 heavy (non-hydrogen) atoms. The van der Waals surface area contributed by atoms with E-state index in [0.29, 0.717) is 23.4 Å². The van der Waals surface area contributed by atoms with Crippen LogP contribution in [-0.2, 0) is 14.3 Å². The van der Waals surface area contributed by atoms with E-state index in [1.807, 2.05) is 13.0 Å². The van der Waals surface area contributed by atoms with E-state index in [4.69, 9.17) is 4.74 Å². The molecule has 0 atom stereocenters. The molecule has 0 bridgehead atoms. The Hall–Kier alpha value is -3.34. The van der Waals surface area contributed by atoms with Gasteiger partial charge >= 0.3 is 5.97 Å². The SMILES string of the molecule is COC(=O)C1=C(C)N(CCC2=CCCCC2)C(=O)/C1=C\c1cc(C)n(-c2ccc(C)c(C)c2)c1C. The number of hydrogen-bond acceptors (Lipinski definition) is 3. The summed E-state index contributed by atoms with van der Waals surface area (Å²) >= 11 is 0. The summed E-state index contributed by atoms with van der Waals surface area (Å²) in [5, 5.41) is 0. The van der Waals surface area contributed by atoms with Crippen LogP contribution in [0.5, 0.6) is 0 Å². The van der Waals surface area contributed by atoms with Crippen LogP contribution in [-0.4, -0.2) is 35.0 Å². The maximum Gasteiger partial charge on any atom is 0.340 e. The monoisotopic (exact) mass is 472 g/mol. The average Bonchev–Trinajstić information content (AvgIpc) is 3.25. The molecule has 0 saturated heterocycles. The minimum absolute atomic E-state index is 0.129. The number of methoxy groups -OCH3 is 1.